The maximum atomic E-state index is 12.7. The Morgan fingerprint density at radius 1 is 1.08 bits per heavy atom. The zero-order valence-corrected chi connectivity index (χ0v) is 14.7. The molecule has 0 unspecified atom stereocenters. The number of nitrogens with zero attached hydrogens (tertiary/aromatic N) is 2. The highest BCUT2D eigenvalue weighted by Crippen LogP contribution is 2.25. The van der Waals surface area contributed by atoms with Gasteiger partial charge in [0.2, 0.25) is 5.91 Å². The Hall–Kier alpha value is -3.34. The summed E-state index contributed by atoms with van der Waals surface area (Å²) in [5.74, 6) is 1.18. The largest absolute Gasteiger partial charge is 0.461 e. The molecule has 0 spiro atoms. The number of fused-ring (bicyclic) bond motifs is 1. The SMILES string of the molecule is Cc1ccc(NC(=O)Cn2c(-c3ccco3)nc3ccccc32)cc1C. The average molecular weight is 345 g/mol. The number of furan rings is 1. The van der Waals surface area contributed by atoms with Crippen molar-refractivity contribution >= 4 is 22.6 Å². The molecule has 5 nitrogen and oxygen atoms in total. The average Bonchev–Trinajstić information content (AvgIpc) is 3.26. The molecule has 1 N–H and O–H groups in total. The molecular formula is C21H19N3O2. The predicted molar refractivity (Wildman–Crippen MR) is 102 cm³/mol. The number of para-hydroxylation sites is 2. The summed E-state index contributed by atoms with van der Waals surface area (Å²) in [7, 11) is 0. The lowest BCUT2D eigenvalue weighted by Gasteiger charge is -2.10. The molecule has 130 valence electrons. The first kappa shape index (κ1) is 16.1. The van der Waals surface area contributed by atoms with Crippen molar-refractivity contribution < 1.29 is 9.21 Å². The molecule has 5 heteroatoms. The smallest absolute Gasteiger partial charge is 0.244 e. The van der Waals surface area contributed by atoms with Gasteiger partial charge in [-0.05, 0) is 61.4 Å². The van der Waals surface area contributed by atoms with Crippen LogP contribution in [0.1, 0.15) is 11.1 Å². The van der Waals surface area contributed by atoms with Crippen LogP contribution in [-0.2, 0) is 11.3 Å². The van der Waals surface area contributed by atoms with Gasteiger partial charge in [0, 0.05) is 5.69 Å². The van der Waals surface area contributed by atoms with Crippen LogP contribution < -0.4 is 5.32 Å². The van der Waals surface area contributed by atoms with Crippen molar-refractivity contribution in [1.82, 2.24) is 9.55 Å². The van der Waals surface area contributed by atoms with E-state index in [2.05, 4.69) is 10.3 Å². The summed E-state index contributed by atoms with van der Waals surface area (Å²) in [4.78, 5) is 17.3. The van der Waals surface area contributed by atoms with Gasteiger partial charge in [-0.1, -0.05) is 18.2 Å². The van der Waals surface area contributed by atoms with E-state index in [0.29, 0.717) is 11.6 Å². The van der Waals surface area contributed by atoms with E-state index in [-0.39, 0.29) is 12.5 Å². The molecule has 0 saturated heterocycles. The van der Waals surface area contributed by atoms with Gasteiger partial charge >= 0.3 is 0 Å². The number of nitrogens with one attached hydrogen (secondary N) is 1. The van der Waals surface area contributed by atoms with Crippen LogP contribution in [0.5, 0.6) is 0 Å². The fourth-order valence-corrected chi connectivity index (χ4v) is 2.99. The van der Waals surface area contributed by atoms with Gasteiger partial charge in [-0.3, -0.25) is 4.79 Å². The normalized spacial score (nSPS) is 11.0. The molecule has 1 amide bonds. The number of amides is 1. The Bertz CT molecular complexity index is 1080. The first-order valence-corrected chi connectivity index (χ1v) is 8.48. The number of rotatable bonds is 4. The van der Waals surface area contributed by atoms with Crippen molar-refractivity contribution in [3.8, 4) is 11.6 Å². The molecule has 4 rings (SSSR count). The Balaban J connectivity index is 1.66. The minimum absolute atomic E-state index is 0.107. The fourth-order valence-electron chi connectivity index (χ4n) is 2.99. The molecule has 26 heavy (non-hydrogen) atoms. The highest BCUT2D eigenvalue weighted by molar-refractivity contribution is 5.92. The summed E-state index contributed by atoms with van der Waals surface area (Å²) in [6.45, 7) is 4.24. The third-order valence-corrected chi connectivity index (χ3v) is 4.49. The molecule has 0 atom stereocenters. The number of imidazole rings is 1. The molecule has 2 aromatic carbocycles. The molecule has 0 aliphatic carbocycles. The van der Waals surface area contributed by atoms with E-state index in [0.717, 1.165) is 22.3 Å². The Labute approximate surface area is 151 Å². The van der Waals surface area contributed by atoms with Crippen LogP contribution in [0.4, 0.5) is 5.69 Å². The lowest BCUT2D eigenvalue weighted by molar-refractivity contribution is -0.116. The molecule has 0 saturated carbocycles. The molecule has 2 aromatic heterocycles. The van der Waals surface area contributed by atoms with Gasteiger partial charge in [0.25, 0.3) is 0 Å². The molecule has 0 aliphatic heterocycles. The van der Waals surface area contributed by atoms with E-state index in [1.807, 2.05) is 73.0 Å². The highest BCUT2D eigenvalue weighted by atomic mass is 16.3. The third-order valence-electron chi connectivity index (χ3n) is 4.49. The standard InChI is InChI=1S/C21H19N3O2/c1-14-9-10-16(12-15(14)2)22-20(25)13-24-18-7-4-3-6-17(18)23-21(24)19-8-5-11-26-19/h3-12H,13H2,1-2H3,(H,22,25). The van der Waals surface area contributed by atoms with E-state index >= 15 is 0 Å². The fraction of sp³-hybridized carbons (Fsp3) is 0.143. The van der Waals surface area contributed by atoms with Gasteiger partial charge in [0.1, 0.15) is 6.54 Å². The lowest BCUT2D eigenvalue weighted by atomic mass is 10.1. The third kappa shape index (κ3) is 2.99. The van der Waals surface area contributed by atoms with E-state index < -0.39 is 0 Å². The molecule has 0 radical (unpaired) electrons. The zero-order valence-electron chi connectivity index (χ0n) is 14.7. The van der Waals surface area contributed by atoms with E-state index in [1.54, 1.807) is 6.26 Å². The topological polar surface area (TPSA) is 60.1 Å². The molecule has 0 fully saturated rings. The van der Waals surface area contributed by atoms with Crippen molar-refractivity contribution in [2.24, 2.45) is 0 Å². The first-order valence-electron chi connectivity index (χ1n) is 8.48. The number of carbonyl (C=O) groups is 1. The van der Waals surface area contributed by atoms with Crippen LogP contribution in [0.25, 0.3) is 22.6 Å². The van der Waals surface area contributed by atoms with Gasteiger partial charge in [0.15, 0.2) is 11.6 Å². The summed E-state index contributed by atoms with van der Waals surface area (Å²) in [6, 6.07) is 17.3. The molecule has 2 heterocycles. The molecule has 0 aliphatic rings. The number of benzene rings is 2. The molecule has 4 aromatic rings. The summed E-state index contributed by atoms with van der Waals surface area (Å²) >= 11 is 0. The monoisotopic (exact) mass is 345 g/mol. The highest BCUT2D eigenvalue weighted by Gasteiger charge is 2.17. The van der Waals surface area contributed by atoms with Gasteiger partial charge in [-0.2, -0.15) is 0 Å². The van der Waals surface area contributed by atoms with Crippen molar-refractivity contribution in [3.63, 3.8) is 0 Å². The Morgan fingerprint density at radius 3 is 2.69 bits per heavy atom. The van der Waals surface area contributed by atoms with Crippen molar-refractivity contribution in [2.75, 3.05) is 5.32 Å². The minimum Gasteiger partial charge on any atom is -0.461 e. The van der Waals surface area contributed by atoms with Crippen molar-refractivity contribution in [2.45, 2.75) is 20.4 Å². The number of anilines is 1. The summed E-state index contributed by atoms with van der Waals surface area (Å²) < 4.78 is 7.38. The molecule has 0 bridgehead atoms. The number of aromatic nitrogens is 2. The summed E-state index contributed by atoms with van der Waals surface area (Å²) in [6.07, 6.45) is 1.61. The number of aryl methyl sites for hydroxylation is 2. The van der Waals surface area contributed by atoms with Crippen LogP contribution in [0, 0.1) is 13.8 Å². The van der Waals surface area contributed by atoms with Crippen LogP contribution >= 0.6 is 0 Å². The van der Waals surface area contributed by atoms with Crippen LogP contribution in [0.15, 0.2) is 65.3 Å². The minimum atomic E-state index is -0.107. The number of hydrogen-bond acceptors (Lipinski definition) is 3. The second-order valence-electron chi connectivity index (χ2n) is 6.33. The first-order chi connectivity index (χ1) is 12.6. The van der Waals surface area contributed by atoms with E-state index in [9.17, 15) is 4.79 Å². The van der Waals surface area contributed by atoms with Gasteiger partial charge in [-0.15, -0.1) is 0 Å². The van der Waals surface area contributed by atoms with Gasteiger partial charge in [0.05, 0.1) is 17.3 Å². The van der Waals surface area contributed by atoms with Gasteiger partial charge < -0.3 is 14.3 Å². The van der Waals surface area contributed by atoms with E-state index in [4.69, 9.17) is 4.42 Å². The molecular weight excluding hydrogens is 326 g/mol. The van der Waals surface area contributed by atoms with Crippen LogP contribution in [0.2, 0.25) is 0 Å². The summed E-state index contributed by atoms with van der Waals surface area (Å²) in [5, 5.41) is 2.97. The van der Waals surface area contributed by atoms with Crippen molar-refractivity contribution in [3.05, 3.63) is 72.0 Å². The quantitative estimate of drug-likeness (QED) is 0.590. The van der Waals surface area contributed by atoms with Crippen LogP contribution in [0.3, 0.4) is 0 Å². The number of carbonyl (C=O) groups excluding carboxylic acids is 1. The number of hydrogen-bond donors (Lipinski definition) is 1. The zero-order chi connectivity index (χ0) is 18.1. The second-order valence-corrected chi connectivity index (χ2v) is 6.33. The second kappa shape index (κ2) is 6.52. The Morgan fingerprint density at radius 2 is 1.92 bits per heavy atom. The Kier molecular flexibility index (Phi) is 4.05. The maximum absolute atomic E-state index is 12.7. The lowest BCUT2D eigenvalue weighted by Crippen LogP contribution is -2.19. The van der Waals surface area contributed by atoms with Crippen LogP contribution in [-0.4, -0.2) is 15.5 Å². The van der Waals surface area contributed by atoms with Gasteiger partial charge in [-0.25, -0.2) is 4.98 Å². The summed E-state index contributed by atoms with van der Waals surface area (Å²) in [5.41, 5.74) is 4.87. The van der Waals surface area contributed by atoms with E-state index in [1.165, 1.54) is 5.56 Å². The van der Waals surface area contributed by atoms with Crippen molar-refractivity contribution in [1.29, 1.82) is 0 Å². The maximum Gasteiger partial charge on any atom is 0.244 e. The predicted octanol–water partition coefficient (Wildman–Crippen LogP) is 4.55.